The molecule has 0 aromatic heterocycles. The molecule has 0 atom stereocenters. The molecular formula is C22H29N3O. The van der Waals surface area contributed by atoms with E-state index in [1.54, 1.807) is 0 Å². The number of carbonyl (C=O) groups is 1. The van der Waals surface area contributed by atoms with Gasteiger partial charge in [0.25, 0.3) is 0 Å². The molecule has 1 heterocycles. The first-order valence-electron chi connectivity index (χ1n) is 9.47. The lowest BCUT2D eigenvalue weighted by Gasteiger charge is -2.32. The summed E-state index contributed by atoms with van der Waals surface area (Å²) in [5, 5.41) is 6.17. The first kappa shape index (κ1) is 18.3. The van der Waals surface area contributed by atoms with E-state index in [-0.39, 0.29) is 12.5 Å². The first-order chi connectivity index (χ1) is 12.5. The van der Waals surface area contributed by atoms with E-state index in [4.69, 9.17) is 0 Å². The lowest BCUT2D eigenvalue weighted by Crippen LogP contribution is -2.32. The third-order valence-corrected chi connectivity index (χ3v) is 5.12. The minimum Gasteiger partial charge on any atom is -0.376 e. The summed E-state index contributed by atoms with van der Waals surface area (Å²) in [4.78, 5) is 14.6. The Balaban J connectivity index is 1.51. The summed E-state index contributed by atoms with van der Waals surface area (Å²) in [6, 6.07) is 14.4. The van der Waals surface area contributed by atoms with Crippen molar-refractivity contribution in [3.63, 3.8) is 0 Å². The van der Waals surface area contributed by atoms with Crippen molar-refractivity contribution < 1.29 is 4.79 Å². The molecule has 3 rings (SSSR count). The zero-order chi connectivity index (χ0) is 18.5. The monoisotopic (exact) mass is 351 g/mol. The number of nitrogens with one attached hydrogen (secondary N) is 2. The standard InChI is InChI=1S/C22H29N3O/c1-16-10-12-25(13-11-16)20-7-5-19(6-8-20)24-22(26)15-23-21-9-4-17(2)14-18(21)3/h4-9,14,16,23H,10-13,15H2,1-3H3,(H,24,26). The van der Waals surface area contributed by atoms with Crippen molar-refractivity contribution in [2.24, 2.45) is 5.92 Å². The molecule has 1 fully saturated rings. The maximum atomic E-state index is 12.2. The third kappa shape index (κ3) is 4.78. The smallest absolute Gasteiger partial charge is 0.243 e. The van der Waals surface area contributed by atoms with Crippen molar-refractivity contribution in [1.82, 2.24) is 0 Å². The molecule has 0 unspecified atom stereocenters. The van der Waals surface area contributed by atoms with Crippen LogP contribution in [0.5, 0.6) is 0 Å². The van der Waals surface area contributed by atoms with Crippen molar-refractivity contribution in [3.8, 4) is 0 Å². The van der Waals surface area contributed by atoms with Crippen LogP contribution in [0.1, 0.15) is 30.9 Å². The minimum absolute atomic E-state index is 0.0375. The highest BCUT2D eigenvalue weighted by Crippen LogP contribution is 2.24. The number of benzene rings is 2. The number of anilines is 3. The maximum Gasteiger partial charge on any atom is 0.243 e. The van der Waals surface area contributed by atoms with Gasteiger partial charge in [-0.1, -0.05) is 24.6 Å². The van der Waals surface area contributed by atoms with Crippen LogP contribution in [0.2, 0.25) is 0 Å². The number of amides is 1. The first-order valence-corrected chi connectivity index (χ1v) is 9.47. The molecule has 1 aliphatic heterocycles. The van der Waals surface area contributed by atoms with Gasteiger partial charge in [0.15, 0.2) is 0 Å². The maximum absolute atomic E-state index is 12.2. The molecule has 0 radical (unpaired) electrons. The van der Waals surface area contributed by atoms with E-state index in [2.05, 4.69) is 47.6 Å². The van der Waals surface area contributed by atoms with E-state index in [0.717, 1.165) is 35.9 Å². The Bertz CT molecular complexity index is 746. The normalized spacial score (nSPS) is 15.0. The number of aryl methyl sites for hydroxylation is 2. The SMILES string of the molecule is Cc1ccc(NCC(=O)Nc2ccc(N3CCC(C)CC3)cc2)c(C)c1. The zero-order valence-electron chi connectivity index (χ0n) is 16.0. The molecule has 26 heavy (non-hydrogen) atoms. The van der Waals surface area contributed by atoms with Crippen LogP contribution >= 0.6 is 0 Å². The highest BCUT2D eigenvalue weighted by molar-refractivity contribution is 5.94. The van der Waals surface area contributed by atoms with Crippen LogP contribution < -0.4 is 15.5 Å². The van der Waals surface area contributed by atoms with Gasteiger partial charge in [-0.05, 0) is 68.5 Å². The van der Waals surface area contributed by atoms with E-state index < -0.39 is 0 Å². The van der Waals surface area contributed by atoms with Gasteiger partial charge < -0.3 is 15.5 Å². The summed E-state index contributed by atoms with van der Waals surface area (Å²) >= 11 is 0. The summed E-state index contributed by atoms with van der Waals surface area (Å²) in [5.41, 5.74) is 5.45. The van der Waals surface area contributed by atoms with E-state index in [9.17, 15) is 4.79 Å². The van der Waals surface area contributed by atoms with Crippen LogP contribution in [0.3, 0.4) is 0 Å². The summed E-state index contributed by atoms with van der Waals surface area (Å²) in [5.74, 6) is 0.791. The highest BCUT2D eigenvalue weighted by Gasteiger charge is 2.15. The van der Waals surface area contributed by atoms with Gasteiger partial charge >= 0.3 is 0 Å². The van der Waals surface area contributed by atoms with E-state index in [1.165, 1.54) is 24.1 Å². The Morgan fingerprint density at radius 3 is 2.42 bits per heavy atom. The van der Waals surface area contributed by atoms with Crippen LogP contribution in [0.15, 0.2) is 42.5 Å². The highest BCUT2D eigenvalue weighted by atomic mass is 16.1. The predicted molar refractivity (Wildman–Crippen MR) is 110 cm³/mol. The van der Waals surface area contributed by atoms with E-state index >= 15 is 0 Å². The topological polar surface area (TPSA) is 44.4 Å². The molecule has 0 bridgehead atoms. The van der Waals surface area contributed by atoms with Gasteiger partial charge in [-0.15, -0.1) is 0 Å². The molecule has 2 aromatic carbocycles. The van der Waals surface area contributed by atoms with Gasteiger partial charge in [-0.25, -0.2) is 0 Å². The third-order valence-electron chi connectivity index (χ3n) is 5.12. The molecule has 0 spiro atoms. The lowest BCUT2D eigenvalue weighted by atomic mass is 9.99. The average Bonchev–Trinajstić information content (AvgIpc) is 2.62. The number of piperidine rings is 1. The Labute approximate surface area is 156 Å². The molecule has 2 N–H and O–H groups in total. The molecule has 4 heteroatoms. The van der Waals surface area contributed by atoms with Crippen LogP contribution in [0.25, 0.3) is 0 Å². The summed E-state index contributed by atoms with van der Waals surface area (Å²) in [6.45, 7) is 8.93. The molecule has 0 aliphatic carbocycles. The molecule has 4 nitrogen and oxygen atoms in total. The fraction of sp³-hybridized carbons (Fsp3) is 0.409. The Morgan fingerprint density at radius 1 is 1.08 bits per heavy atom. The summed E-state index contributed by atoms with van der Waals surface area (Å²) in [7, 11) is 0. The quantitative estimate of drug-likeness (QED) is 0.828. The number of rotatable bonds is 5. The van der Waals surface area contributed by atoms with Crippen molar-refractivity contribution >= 4 is 23.0 Å². The van der Waals surface area contributed by atoms with Gasteiger partial charge in [0.05, 0.1) is 6.54 Å². The second kappa shape index (κ2) is 8.26. The summed E-state index contributed by atoms with van der Waals surface area (Å²) in [6.07, 6.45) is 2.51. The fourth-order valence-electron chi connectivity index (χ4n) is 3.41. The van der Waals surface area contributed by atoms with Gasteiger partial charge in [-0.2, -0.15) is 0 Å². The molecule has 1 amide bonds. The second-order valence-corrected chi connectivity index (χ2v) is 7.44. The fourth-order valence-corrected chi connectivity index (χ4v) is 3.41. The van der Waals surface area contributed by atoms with E-state index in [1.807, 2.05) is 31.2 Å². The zero-order valence-corrected chi connectivity index (χ0v) is 16.0. The van der Waals surface area contributed by atoms with Crippen LogP contribution in [0, 0.1) is 19.8 Å². The average molecular weight is 351 g/mol. The van der Waals surface area contributed by atoms with E-state index in [0.29, 0.717) is 0 Å². The molecule has 1 aliphatic rings. The minimum atomic E-state index is -0.0375. The Morgan fingerprint density at radius 2 is 1.77 bits per heavy atom. The largest absolute Gasteiger partial charge is 0.376 e. The number of hydrogen-bond acceptors (Lipinski definition) is 3. The van der Waals surface area contributed by atoms with Gasteiger partial charge in [0.1, 0.15) is 0 Å². The van der Waals surface area contributed by atoms with Crippen molar-refractivity contribution in [3.05, 3.63) is 53.6 Å². The number of carbonyl (C=O) groups excluding carboxylic acids is 1. The number of nitrogens with zero attached hydrogens (tertiary/aromatic N) is 1. The predicted octanol–water partition coefficient (Wildman–Crippen LogP) is 4.59. The van der Waals surface area contributed by atoms with Crippen LogP contribution in [0.4, 0.5) is 17.1 Å². The van der Waals surface area contributed by atoms with Crippen molar-refractivity contribution in [2.75, 3.05) is 35.2 Å². The van der Waals surface area contributed by atoms with Crippen LogP contribution in [-0.2, 0) is 4.79 Å². The Hall–Kier alpha value is -2.49. The number of hydrogen-bond donors (Lipinski definition) is 2. The van der Waals surface area contributed by atoms with Gasteiger partial charge in [0.2, 0.25) is 5.91 Å². The second-order valence-electron chi connectivity index (χ2n) is 7.44. The van der Waals surface area contributed by atoms with Crippen molar-refractivity contribution in [1.29, 1.82) is 0 Å². The molecule has 1 saturated heterocycles. The molecular weight excluding hydrogens is 322 g/mol. The Kier molecular flexibility index (Phi) is 5.82. The molecule has 0 saturated carbocycles. The van der Waals surface area contributed by atoms with Gasteiger partial charge in [-0.3, -0.25) is 4.79 Å². The lowest BCUT2D eigenvalue weighted by molar-refractivity contribution is -0.114. The van der Waals surface area contributed by atoms with Crippen LogP contribution in [-0.4, -0.2) is 25.5 Å². The van der Waals surface area contributed by atoms with Crippen molar-refractivity contribution in [2.45, 2.75) is 33.6 Å². The van der Waals surface area contributed by atoms with Gasteiger partial charge in [0, 0.05) is 30.2 Å². The molecule has 2 aromatic rings. The summed E-state index contributed by atoms with van der Waals surface area (Å²) < 4.78 is 0. The molecule has 138 valence electrons.